The lowest BCUT2D eigenvalue weighted by molar-refractivity contribution is 0.0582. The van der Waals surface area contributed by atoms with Crippen molar-refractivity contribution in [1.29, 1.82) is 0 Å². The van der Waals surface area contributed by atoms with Crippen LogP contribution in [0.4, 0.5) is 0 Å². The highest BCUT2D eigenvalue weighted by Crippen LogP contribution is 2.46. The Morgan fingerprint density at radius 1 is 1.44 bits per heavy atom. The molecule has 0 aromatic heterocycles. The zero-order valence-electron chi connectivity index (χ0n) is 10.2. The minimum atomic E-state index is -0.381. The molecular weight excluding hydrogens is 252 g/mol. The van der Waals surface area contributed by atoms with Crippen LogP contribution < -0.4 is 4.74 Å². The number of benzene rings is 1. The summed E-state index contributed by atoms with van der Waals surface area (Å²) in [5.41, 5.74) is 1.52. The zero-order chi connectivity index (χ0) is 12.7. The van der Waals surface area contributed by atoms with Gasteiger partial charge in [0.1, 0.15) is 11.3 Å². The van der Waals surface area contributed by atoms with E-state index in [0.717, 1.165) is 24.8 Å². The average molecular weight is 267 g/mol. The van der Waals surface area contributed by atoms with Crippen molar-refractivity contribution in [2.75, 3.05) is 7.11 Å². The molecule has 18 heavy (non-hydrogen) atoms. The average Bonchev–Trinajstić information content (AvgIpc) is 2.39. The third kappa shape index (κ3) is 1.87. The highest BCUT2D eigenvalue weighted by atomic mass is 35.5. The molecule has 0 amide bonds. The first-order valence-electron chi connectivity index (χ1n) is 6.27. The van der Waals surface area contributed by atoms with Crippen LogP contribution in [0.2, 0.25) is 5.02 Å². The number of halogens is 1. The smallest absolute Gasteiger partial charge is 0.341 e. The summed E-state index contributed by atoms with van der Waals surface area (Å²) in [6.07, 6.45) is 4.66. The molecule has 1 aliphatic carbocycles. The molecule has 1 saturated carbocycles. The van der Waals surface area contributed by atoms with Crippen molar-refractivity contribution >= 4 is 17.6 Å². The number of hydrogen-bond donors (Lipinski definition) is 0. The molecule has 4 heteroatoms. The standard InChI is InChI=1S/C14H15ClO3/c1-17-14(16)12-7-9(15)6-11-8-3-2-4-10(5-8)18-13(11)12/h6-8,10H,2-5H2,1H3/t8-,10+/m1/s1. The van der Waals surface area contributed by atoms with Crippen LogP contribution in [0.3, 0.4) is 0 Å². The maximum atomic E-state index is 11.8. The number of fused-ring (bicyclic) bond motifs is 4. The van der Waals surface area contributed by atoms with Gasteiger partial charge < -0.3 is 9.47 Å². The molecule has 2 bridgehead atoms. The summed E-state index contributed by atoms with van der Waals surface area (Å²) in [6, 6.07) is 3.56. The monoisotopic (exact) mass is 266 g/mol. The van der Waals surface area contributed by atoms with Gasteiger partial charge >= 0.3 is 5.97 Å². The van der Waals surface area contributed by atoms with Crippen molar-refractivity contribution in [2.45, 2.75) is 37.7 Å². The van der Waals surface area contributed by atoms with Crippen LogP contribution >= 0.6 is 11.6 Å². The molecule has 2 atom stereocenters. The van der Waals surface area contributed by atoms with E-state index in [1.54, 1.807) is 6.07 Å². The van der Waals surface area contributed by atoms with Crippen LogP contribution in [-0.2, 0) is 4.74 Å². The molecule has 1 aliphatic heterocycles. The maximum Gasteiger partial charge on any atom is 0.341 e. The first-order chi connectivity index (χ1) is 8.69. The van der Waals surface area contributed by atoms with Crippen molar-refractivity contribution in [1.82, 2.24) is 0 Å². The van der Waals surface area contributed by atoms with Crippen molar-refractivity contribution in [3.63, 3.8) is 0 Å². The minimum absolute atomic E-state index is 0.237. The molecule has 3 rings (SSSR count). The number of ether oxygens (including phenoxy) is 2. The van der Waals surface area contributed by atoms with E-state index >= 15 is 0 Å². The fourth-order valence-electron chi connectivity index (χ4n) is 3.01. The van der Waals surface area contributed by atoms with Crippen LogP contribution in [0.25, 0.3) is 0 Å². The number of esters is 1. The summed E-state index contributed by atoms with van der Waals surface area (Å²) in [4.78, 5) is 11.8. The van der Waals surface area contributed by atoms with Gasteiger partial charge in [-0.3, -0.25) is 0 Å². The van der Waals surface area contributed by atoms with Crippen LogP contribution in [0.5, 0.6) is 5.75 Å². The first-order valence-corrected chi connectivity index (χ1v) is 6.65. The van der Waals surface area contributed by atoms with E-state index < -0.39 is 0 Å². The van der Waals surface area contributed by atoms with Crippen molar-refractivity contribution in [3.05, 3.63) is 28.3 Å². The van der Waals surface area contributed by atoms with Gasteiger partial charge in [-0.15, -0.1) is 0 Å². The number of carbonyl (C=O) groups excluding carboxylic acids is 1. The summed E-state index contributed by atoms with van der Waals surface area (Å²) >= 11 is 6.10. The third-order valence-corrected chi connectivity index (χ3v) is 4.06. The Balaban J connectivity index is 2.13. The largest absolute Gasteiger partial charge is 0.489 e. The lowest BCUT2D eigenvalue weighted by Gasteiger charge is -2.37. The molecule has 0 unspecified atom stereocenters. The van der Waals surface area contributed by atoms with Crippen molar-refractivity contribution in [2.24, 2.45) is 0 Å². The molecule has 1 aromatic rings. The number of hydrogen-bond acceptors (Lipinski definition) is 3. The van der Waals surface area contributed by atoms with Crippen LogP contribution in [0.1, 0.15) is 47.5 Å². The van der Waals surface area contributed by atoms with Crippen molar-refractivity contribution in [3.8, 4) is 5.75 Å². The van der Waals surface area contributed by atoms with Gasteiger partial charge in [-0.05, 0) is 49.3 Å². The predicted octanol–water partition coefficient (Wildman–Crippen LogP) is 3.55. The number of rotatable bonds is 1. The van der Waals surface area contributed by atoms with Gasteiger partial charge in [-0.2, -0.15) is 0 Å². The Bertz CT molecular complexity index is 498. The highest BCUT2D eigenvalue weighted by molar-refractivity contribution is 6.31. The van der Waals surface area contributed by atoms with Crippen molar-refractivity contribution < 1.29 is 14.3 Å². The quantitative estimate of drug-likeness (QED) is 0.730. The Hall–Kier alpha value is -1.22. The van der Waals surface area contributed by atoms with E-state index in [-0.39, 0.29) is 12.1 Å². The van der Waals surface area contributed by atoms with Gasteiger partial charge in [0.2, 0.25) is 0 Å². The SMILES string of the molecule is COC(=O)c1cc(Cl)cc2c1O[C@H]1CCC[C@@H]2C1. The van der Waals surface area contributed by atoms with E-state index in [0.29, 0.717) is 22.3 Å². The first kappa shape index (κ1) is 11.8. The molecule has 0 spiro atoms. The molecular formula is C14H15ClO3. The minimum Gasteiger partial charge on any atom is -0.489 e. The van der Waals surface area contributed by atoms with E-state index in [9.17, 15) is 4.79 Å². The van der Waals surface area contributed by atoms with E-state index in [4.69, 9.17) is 21.1 Å². The molecule has 96 valence electrons. The van der Waals surface area contributed by atoms with Gasteiger partial charge in [0.05, 0.1) is 13.2 Å². The molecule has 3 nitrogen and oxygen atoms in total. The topological polar surface area (TPSA) is 35.5 Å². The van der Waals surface area contributed by atoms with Crippen LogP contribution in [0, 0.1) is 0 Å². The summed E-state index contributed by atoms with van der Waals surface area (Å²) < 4.78 is 10.8. The van der Waals surface area contributed by atoms with E-state index in [2.05, 4.69) is 0 Å². The Labute approximate surface area is 111 Å². The maximum absolute atomic E-state index is 11.8. The molecule has 2 aliphatic rings. The molecule has 1 aromatic carbocycles. The van der Waals surface area contributed by atoms with E-state index in [1.165, 1.54) is 13.5 Å². The zero-order valence-corrected chi connectivity index (χ0v) is 11.0. The van der Waals surface area contributed by atoms with Crippen LogP contribution in [0.15, 0.2) is 12.1 Å². The molecule has 0 N–H and O–H groups in total. The van der Waals surface area contributed by atoms with Gasteiger partial charge in [0.25, 0.3) is 0 Å². The molecule has 1 fully saturated rings. The summed E-state index contributed by atoms with van der Waals surface area (Å²) in [7, 11) is 1.37. The number of methoxy groups -OCH3 is 1. The molecule has 0 saturated heterocycles. The van der Waals surface area contributed by atoms with E-state index in [1.807, 2.05) is 6.07 Å². The normalized spacial score (nSPS) is 25.0. The lowest BCUT2D eigenvalue weighted by atomic mass is 9.79. The van der Waals surface area contributed by atoms with Gasteiger partial charge in [0.15, 0.2) is 0 Å². The second-order valence-corrected chi connectivity index (χ2v) is 5.40. The second-order valence-electron chi connectivity index (χ2n) is 4.97. The lowest BCUT2D eigenvalue weighted by Crippen LogP contribution is -2.30. The molecule has 1 heterocycles. The van der Waals surface area contributed by atoms with Gasteiger partial charge in [-0.1, -0.05) is 11.6 Å². The second kappa shape index (κ2) is 4.47. The predicted molar refractivity (Wildman–Crippen MR) is 68.4 cm³/mol. The van der Waals surface area contributed by atoms with Gasteiger partial charge in [-0.25, -0.2) is 4.79 Å². The summed E-state index contributed by atoms with van der Waals surface area (Å²) in [5, 5.41) is 0.571. The fourth-order valence-corrected chi connectivity index (χ4v) is 3.24. The van der Waals surface area contributed by atoms with Crippen LogP contribution in [-0.4, -0.2) is 19.2 Å². The Kier molecular flexibility index (Phi) is 2.94. The summed E-state index contributed by atoms with van der Waals surface area (Å²) in [6.45, 7) is 0. The highest BCUT2D eigenvalue weighted by Gasteiger charge is 2.34. The fraction of sp³-hybridized carbons (Fsp3) is 0.500. The summed E-state index contributed by atoms with van der Waals surface area (Å²) in [5.74, 6) is 0.774. The molecule has 0 radical (unpaired) electrons. The Morgan fingerprint density at radius 2 is 2.28 bits per heavy atom. The van der Waals surface area contributed by atoms with Gasteiger partial charge in [0, 0.05) is 5.02 Å². The third-order valence-electron chi connectivity index (χ3n) is 3.84. The Morgan fingerprint density at radius 3 is 3.06 bits per heavy atom. The number of carbonyl (C=O) groups is 1.